The molecule has 2 rings (SSSR count). The Labute approximate surface area is 110 Å². The van der Waals surface area contributed by atoms with Crippen LogP contribution in [0.15, 0.2) is 40.8 Å². The lowest BCUT2D eigenvalue weighted by atomic mass is 10.3. The molecule has 0 unspecified atom stereocenters. The Bertz CT molecular complexity index is 635. The summed E-state index contributed by atoms with van der Waals surface area (Å²) in [5.41, 5.74) is -0.544. The SMILES string of the molecule is O=C(O)c1ccc([N+](=O)[O-])c(Sc2cnccn2)n1. The van der Waals surface area contributed by atoms with E-state index in [-0.39, 0.29) is 16.4 Å². The number of rotatable bonds is 4. The summed E-state index contributed by atoms with van der Waals surface area (Å²) in [5, 5.41) is 20.0. The van der Waals surface area contributed by atoms with Gasteiger partial charge in [0.25, 0.3) is 0 Å². The lowest BCUT2D eigenvalue weighted by molar-refractivity contribution is -0.388. The van der Waals surface area contributed by atoms with Crippen molar-refractivity contribution in [2.45, 2.75) is 10.1 Å². The summed E-state index contributed by atoms with van der Waals surface area (Å²) < 4.78 is 0. The first-order valence-electron chi connectivity index (χ1n) is 4.90. The molecule has 2 aromatic heterocycles. The van der Waals surface area contributed by atoms with Crippen LogP contribution in [0.4, 0.5) is 5.69 Å². The van der Waals surface area contributed by atoms with E-state index >= 15 is 0 Å². The highest BCUT2D eigenvalue weighted by Gasteiger charge is 2.19. The molecule has 0 spiro atoms. The average molecular weight is 278 g/mol. The minimum atomic E-state index is -1.25. The van der Waals surface area contributed by atoms with Crippen LogP contribution in [0.3, 0.4) is 0 Å². The molecule has 9 heteroatoms. The third kappa shape index (κ3) is 3.01. The first-order valence-corrected chi connectivity index (χ1v) is 5.72. The summed E-state index contributed by atoms with van der Waals surface area (Å²) in [6, 6.07) is 2.19. The number of hydrogen-bond donors (Lipinski definition) is 1. The van der Waals surface area contributed by atoms with E-state index in [0.717, 1.165) is 23.9 Å². The minimum Gasteiger partial charge on any atom is -0.477 e. The van der Waals surface area contributed by atoms with E-state index in [1.807, 2.05) is 0 Å². The fraction of sp³-hybridized carbons (Fsp3) is 0. The third-order valence-corrected chi connectivity index (χ3v) is 2.91. The van der Waals surface area contributed by atoms with Crippen LogP contribution in [-0.2, 0) is 0 Å². The number of carbonyl (C=O) groups is 1. The molecule has 0 aliphatic heterocycles. The zero-order valence-electron chi connectivity index (χ0n) is 9.26. The molecule has 0 bridgehead atoms. The van der Waals surface area contributed by atoms with Gasteiger partial charge in [0.15, 0.2) is 5.03 Å². The number of aromatic nitrogens is 3. The largest absolute Gasteiger partial charge is 0.477 e. The van der Waals surface area contributed by atoms with Crippen molar-refractivity contribution >= 4 is 23.4 Å². The lowest BCUT2D eigenvalue weighted by Gasteiger charge is -2.02. The lowest BCUT2D eigenvalue weighted by Crippen LogP contribution is -2.03. The number of hydrogen-bond acceptors (Lipinski definition) is 7. The van der Waals surface area contributed by atoms with Gasteiger partial charge in [-0.2, -0.15) is 0 Å². The molecule has 0 saturated carbocycles. The number of nitro groups is 1. The van der Waals surface area contributed by atoms with Crippen molar-refractivity contribution in [2.24, 2.45) is 0 Å². The molecule has 0 aliphatic carbocycles. The van der Waals surface area contributed by atoms with Crippen molar-refractivity contribution in [3.63, 3.8) is 0 Å². The van der Waals surface area contributed by atoms with E-state index in [0.29, 0.717) is 5.03 Å². The Morgan fingerprint density at radius 3 is 2.74 bits per heavy atom. The van der Waals surface area contributed by atoms with Gasteiger partial charge in [0, 0.05) is 18.5 Å². The predicted molar refractivity (Wildman–Crippen MR) is 64.0 cm³/mol. The summed E-state index contributed by atoms with van der Waals surface area (Å²) in [5.74, 6) is -1.25. The number of pyridine rings is 1. The van der Waals surface area contributed by atoms with Gasteiger partial charge in [0.2, 0.25) is 0 Å². The topological polar surface area (TPSA) is 119 Å². The van der Waals surface area contributed by atoms with E-state index in [9.17, 15) is 14.9 Å². The predicted octanol–water partition coefficient (Wildman–Crippen LogP) is 1.63. The zero-order chi connectivity index (χ0) is 13.8. The highest BCUT2D eigenvalue weighted by atomic mass is 32.2. The van der Waals surface area contributed by atoms with Crippen LogP contribution in [0.25, 0.3) is 0 Å². The van der Waals surface area contributed by atoms with E-state index in [2.05, 4.69) is 15.0 Å². The molecule has 8 nitrogen and oxygen atoms in total. The molecule has 96 valence electrons. The number of carboxylic acid groups (broad SMARTS) is 1. The van der Waals surface area contributed by atoms with Gasteiger partial charge < -0.3 is 5.11 Å². The van der Waals surface area contributed by atoms with E-state index in [4.69, 9.17) is 5.11 Å². The quantitative estimate of drug-likeness (QED) is 0.661. The maximum absolute atomic E-state index is 10.9. The molecule has 0 saturated heterocycles. The first-order chi connectivity index (χ1) is 9.08. The van der Waals surface area contributed by atoms with Crippen LogP contribution >= 0.6 is 11.8 Å². The highest BCUT2D eigenvalue weighted by Crippen LogP contribution is 2.31. The molecule has 2 heterocycles. The van der Waals surface area contributed by atoms with Crippen LogP contribution < -0.4 is 0 Å². The van der Waals surface area contributed by atoms with E-state index < -0.39 is 10.9 Å². The first kappa shape index (κ1) is 12.9. The Balaban J connectivity index is 2.43. The van der Waals surface area contributed by atoms with Crippen molar-refractivity contribution in [1.82, 2.24) is 15.0 Å². The molecular formula is C10H6N4O4S. The Morgan fingerprint density at radius 2 is 2.16 bits per heavy atom. The van der Waals surface area contributed by atoms with E-state index in [1.54, 1.807) is 0 Å². The van der Waals surface area contributed by atoms with Crippen LogP contribution in [0, 0.1) is 10.1 Å². The van der Waals surface area contributed by atoms with Gasteiger partial charge >= 0.3 is 11.7 Å². The molecule has 1 N–H and O–H groups in total. The van der Waals surface area contributed by atoms with Crippen LogP contribution in [0.5, 0.6) is 0 Å². The zero-order valence-corrected chi connectivity index (χ0v) is 10.1. The van der Waals surface area contributed by atoms with Gasteiger partial charge in [0.1, 0.15) is 10.7 Å². The molecule has 0 aromatic carbocycles. The third-order valence-electron chi connectivity index (χ3n) is 2.00. The standard InChI is InChI=1S/C10H6N4O4S/c15-10(16)6-1-2-7(14(17)18)9(13-6)19-8-5-11-3-4-12-8/h1-5H,(H,15,16). The van der Waals surface area contributed by atoms with Crippen molar-refractivity contribution in [2.75, 3.05) is 0 Å². The number of aromatic carboxylic acids is 1. The van der Waals surface area contributed by atoms with Crippen LogP contribution in [0.1, 0.15) is 10.5 Å². The molecule has 19 heavy (non-hydrogen) atoms. The van der Waals surface area contributed by atoms with E-state index in [1.165, 1.54) is 18.6 Å². The molecule has 0 amide bonds. The van der Waals surface area contributed by atoms with Gasteiger partial charge in [-0.3, -0.25) is 15.1 Å². The summed E-state index contributed by atoms with van der Waals surface area (Å²) in [7, 11) is 0. The summed E-state index contributed by atoms with van der Waals surface area (Å²) in [6.45, 7) is 0. The minimum absolute atomic E-state index is 0.0367. The molecule has 2 aromatic rings. The summed E-state index contributed by atoms with van der Waals surface area (Å²) in [6.07, 6.45) is 4.29. The van der Waals surface area contributed by atoms with Crippen molar-refractivity contribution < 1.29 is 14.8 Å². The normalized spacial score (nSPS) is 10.1. The van der Waals surface area contributed by atoms with Gasteiger partial charge in [-0.05, 0) is 17.8 Å². The van der Waals surface area contributed by atoms with Gasteiger partial charge in [-0.15, -0.1) is 0 Å². The Hall–Kier alpha value is -2.55. The van der Waals surface area contributed by atoms with Crippen molar-refractivity contribution in [3.8, 4) is 0 Å². The van der Waals surface area contributed by atoms with Crippen LogP contribution in [-0.4, -0.2) is 31.0 Å². The highest BCUT2D eigenvalue weighted by molar-refractivity contribution is 7.99. The molecule has 0 radical (unpaired) electrons. The average Bonchev–Trinajstić information content (AvgIpc) is 2.39. The van der Waals surface area contributed by atoms with Crippen LogP contribution in [0.2, 0.25) is 0 Å². The fourth-order valence-electron chi connectivity index (χ4n) is 1.20. The summed E-state index contributed by atoms with van der Waals surface area (Å²) >= 11 is 0.884. The van der Waals surface area contributed by atoms with Gasteiger partial charge in [-0.1, -0.05) is 0 Å². The summed E-state index contributed by atoms with van der Waals surface area (Å²) in [4.78, 5) is 32.5. The second-order valence-electron chi connectivity index (χ2n) is 3.23. The monoisotopic (exact) mass is 278 g/mol. The number of carboxylic acids is 1. The van der Waals surface area contributed by atoms with Crippen molar-refractivity contribution in [3.05, 3.63) is 46.5 Å². The van der Waals surface area contributed by atoms with Gasteiger partial charge in [0.05, 0.1) is 11.1 Å². The molecule has 0 aliphatic rings. The molecular weight excluding hydrogens is 272 g/mol. The molecule has 0 fully saturated rings. The Kier molecular flexibility index (Phi) is 3.66. The fourth-order valence-corrected chi connectivity index (χ4v) is 2.02. The van der Waals surface area contributed by atoms with Gasteiger partial charge in [-0.25, -0.2) is 14.8 Å². The Morgan fingerprint density at radius 1 is 1.37 bits per heavy atom. The maximum Gasteiger partial charge on any atom is 0.354 e. The number of nitrogens with zero attached hydrogens (tertiary/aromatic N) is 4. The van der Waals surface area contributed by atoms with Crippen molar-refractivity contribution in [1.29, 1.82) is 0 Å². The maximum atomic E-state index is 10.9. The molecule has 0 atom stereocenters. The second kappa shape index (κ2) is 5.40. The second-order valence-corrected chi connectivity index (χ2v) is 4.24. The smallest absolute Gasteiger partial charge is 0.354 e.